The third-order valence-corrected chi connectivity index (χ3v) is 2.83. The van der Waals surface area contributed by atoms with E-state index in [0.29, 0.717) is 19.0 Å². The third kappa shape index (κ3) is 1.15. The summed E-state index contributed by atoms with van der Waals surface area (Å²) in [6, 6.07) is 5.50. The Labute approximate surface area is 92.8 Å². The quantitative estimate of drug-likeness (QED) is 0.734. The standard InChI is InChI=1S/C11H12N2O3/c1-14-7-2-3-8-9(6-7)11(13-10(8)12)15-4-5-16-11/h2-3,6H,4-5H2,1H3,(H2,12,13). The first kappa shape index (κ1) is 9.62. The van der Waals surface area contributed by atoms with Crippen molar-refractivity contribution < 1.29 is 14.2 Å². The lowest BCUT2D eigenvalue weighted by Gasteiger charge is -2.22. The molecular formula is C11H12N2O3. The van der Waals surface area contributed by atoms with Crippen molar-refractivity contribution in [1.82, 2.24) is 5.32 Å². The molecule has 1 aromatic carbocycles. The molecular weight excluding hydrogens is 208 g/mol. The number of amidine groups is 1. The van der Waals surface area contributed by atoms with Crippen LogP contribution >= 0.6 is 0 Å². The summed E-state index contributed by atoms with van der Waals surface area (Å²) in [6.45, 7) is 1.05. The lowest BCUT2D eigenvalue weighted by atomic mass is 10.1. The smallest absolute Gasteiger partial charge is 0.279 e. The van der Waals surface area contributed by atoms with Gasteiger partial charge in [0.15, 0.2) is 0 Å². The molecule has 3 rings (SSSR count). The second kappa shape index (κ2) is 3.20. The minimum Gasteiger partial charge on any atom is -0.497 e. The van der Waals surface area contributed by atoms with Crippen molar-refractivity contribution in [3.8, 4) is 5.75 Å². The second-order valence-electron chi connectivity index (χ2n) is 3.73. The highest BCUT2D eigenvalue weighted by molar-refractivity contribution is 6.01. The molecule has 1 aromatic rings. The normalized spacial score (nSPS) is 20.9. The summed E-state index contributed by atoms with van der Waals surface area (Å²) in [5.74, 6) is 0.0781. The van der Waals surface area contributed by atoms with E-state index < -0.39 is 5.91 Å². The van der Waals surface area contributed by atoms with E-state index in [4.69, 9.17) is 19.6 Å². The van der Waals surface area contributed by atoms with Gasteiger partial charge >= 0.3 is 0 Å². The number of methoxy groups -OCH3 is 1. The highest BCUT2D eigenvalue weighted by atomic mass is 16.8. The largest absolute Gasteiger partial charge is 0.497 e. The summed E-state index contributed by atoms with van der Waals surface area (Å²) in [7, 11) is 1.61. The molecule has 0 atom stereocenters. The van der Waals surface area contributed by atoms with Gasteiger partial charge in [0.2, 0.25) is 0 Å². The van der Waals surface area contributed by atoms with E-state index >= 15 is 0 Å². The van der Waals surface area contributed by atoms with Crippen LogP contribution in [0.3, 0.4) is 0 Å². The fourth-order valence-corrected chi connectivity index (χ4v) is 2.08. The first-order valence-electron chi connectivity index (χ1n) is 5.09. The number of nitrogens with one attached hydrogen (secondary N) is 2. The zero-order chi connectivity index (χ0) is 11.2. The van der Waals surface area contributed by atoms with Crippen LogP contribution in [0.25, 0.3) is 0 Å². The van der Waals surface area contributed by atoms with Crippen LogP contribution < -0.4 is 10.1 Å². The molecule has 0 aromatic heterocycles. The first-order chi connectivity index (χ1) is 7.75. The van der Waals surface area contributed by atoms with E-state index in [1.807, 2.05) is 18.2 Å². The summed E-state index contributed by atoms with van der Waals surface area (Å²) in [4.78, 5) is 0. The number of benzene rings is 1. The summed E-state index contributed by atoms with van der Waals surface area (Å²) in [5, 5.41) is 10.8. The van der Waals surface area contributed by atoms with Crippen molar-refractivity contribution in [3.05, 3.63) is 29.3 Å². The Kier molecular flexibility index (Phi) is 1.92. The minimum atomic E-state index is -0.971. The predicted molar refractivity (Wildman–Crippen MR) is 56.5 cm³/mol. The van der Waals surface area contributed by atoms with Gasteiger partial charge in [-0.2, -0.15) is 0 Å². The van der Waals surface area contributed by atoms with Gasteiger partial charge in [0.25, 0.3) is 5.91 Å². The van der Waals surface area contributed by atoms with E-state index in [0.717, 1.165) is 16.9 Å². The topological polar surface area (TPSA) is 63.6 Å². The van der Waals surface area contributed by atoms with Crippen LogP contribution in [-0.4, -0.2) is 26.2 Å². The molecule has 0 saturated carbocycles. The Morgan fingerprint density at radius 2 is 2.12 bits per heavy atom. The van der Waals surface area contributed by atoms with Crippen molar-refractivity contribution in [2.45, 2.75) is 5.91 Å². The highest BCUT2D eigenvalue weighted by Crippen LogP contribution is 2.37. The first-order valence-corrected chi connectivity index (χ1v) is 5.09. The maximum Gasteiger partial charge on any atom is 0.279 e. The number of ether oxygens (including phenoxy) is 3. The lowest BCUT2D eigenvalue weighted by Crippen LogP contribution is -2.40. The molecule has 1 spiro atoms. The summed E-state index contributed by atoms with van der Waals surface area (Å²) < 4.78 is 16.3. The average molecular weight is 220 g/mol. The van der Waals surface area contributed by atoms with E-state index in [-0.39, 0.29) is 0 Å². The van der Waals surface area contributed by atoms with Crippen molar-refractivity contribution in [3.63, 3.8) is 0 Å². The number of fused-ring (bicyclic) bond motifs is 2. The molecule has 2 aliphatic heterocycles. The average Bonchev–Trinajstić information content (AvgIpc) is 2.87. The van der Waals surface area contributed by atoms with E-state index in [2.05, 4.69) is 5.32 Å². The number of hydrogen-bond donors (Lipinski definition) is 2. The molecule has 16 heavy (non-hydrogen) atoms. The fraction of sp³-hybridized carbons (Fsp3) is 0.364. The molecule has 2 N–H and O–H groups in total. The van der Waals surface area contributed by atoms with Gasteiger partial charge in [0.05, 0.1) is 20.3 Å². The Balaban J connectivity index is 2.14. The monoisotopic (exact) mass is 220 g/mol. The third-order valence-electron chi connectivity index (χ3n) is 2.83. The van der Waals surface area contributed by atoms with Crippen LogP contribution in [-0.2, 0) is 15.4 Å². The Morgan fingerprint density at radius 3 is 2.81 bits per heavy atom. The van der Waals surface area contributed by atoms with Crippen LogP contribution in [0.1, 0.15) is 11.1 Å². The molecule has 0 radical (unpaired) electrons. The van der Waals surface area contributed by atoms with Gasteiger partial charge in [-0.05, 0) is 18.2 Å². The van der Waals surface area contributed by atoms with Gasteiger partial charge in [-0.3, -0.25) is 5.41 Å². The van der Waals surface area contributed by atoms with Gasteiger partial charge in [-0.1, -0.05) is 0 Å². The van der Waals surface area contributed by atoms with Crippen LogP contribution in [0.4, 0.5) is 0 Å². The van der Waals surface area contributed by atoms with Crippen LogP contribution in [0.2, 0.25) is 0 Å². The van der Waals surface area contributed by atoms with E-state index in [1.54, 1.807) is 7.11 Å². The van der Waals surface area contributed by atoms with Gasteiger partial charge in [0.1, 0.15) is 11.6 Å². The Bertz CT molecular complexity index is 453. The van der Waals surface area contributed by atoms with Crippen LogP contribution in [0.5, 0.6) is 5.75 Å². The molecule has 2 heterocycles. The molecule has 0 amide bonds. The zero-order valence-corrected chi connectivity index (χ0v) is 8.87. The molecule has 1 saturated heterocycles. The zero-order valence-electron chi connectivity index (χ0n) is 8.87. The molecule has 0 unspecified atom stereocenters. The van der Waals surface area contributed by atoms with Crippen LogP contribution in [0, 0.1) is 5.41 Å². The maximum absolute atomic E-state index is 7.84. The van der Waals surface area contributed by atoms with Gasteiger partial charge in [-0.25, -0.2) is 0 Å². The minimum absolute atomic E-state index is 0.319. The number of hydrogen-bond acceptors (Lipinski definition) is 4. The summed E-state index contributed by atoms with van der Waals surface area (Å²) >= 11 is 0. The van der Waals surface area contributed by atoms with E-state index in [1.165, 1.54) is 0 Å². The predicted octanol–water partition coefficient (Wildman–Crippen LogP) is 0.781. The highest BCUT2D eigenvalue weighted by Gasteiger charge is 2.47. The van der Waals surface area contributed by atoms with Crippen molar-refractivity contribution >= 4 is 5.84 Å². The Hall–Kier alpha value is -1.59. The SMILES string of the molecule is COc1ccc2c(c1)C1(NC2=N)OCCO1. The van der Waals surface area contributed by atoms with Crippen molar-refractivity contribution in [2.75, 3.05) is 20.3 Å². The molecule has 0 bridgehead atoms. The maximum atomic E-state index is 7.84. The summed E-state index contributed by atoms with van der Waals surface area (Å²) in [6.07, 6.45) is 0. The summed E-state index contributed by atoms with van der Waals surface area (Å²) in [5.41, 5.74) is 1.61. The van der Waals surface area contributed by atoms with Gasteiger partial charge < -0.3 is 19.5 Å². The van der Waals surface area contributed by atoms with Crippen molar-refractivity contribution in [1.29, 1.82) is 5.41 Å². The second-order valence-corrected chi connectivity index (χ2v) is 3.73. The van der Waals surface area contributed by atoms with Crippen molar-refractivity contribution in [2.24, 2.45) is 0 Å². The number of rotatable bonds is 1. The fourth-order valence-electron chi connectivity index (χ4n) is 2.08. The molecule has 2 aliphatic rings. The Morgan fingerprint density at radius 1 is 1.38 bits per heavy atom. The lowest BCUT2D eigenvalue weighted by molar-refractivity contribution is -0.173. The van der Waals surface area contributed by atoms with E-state index in [9.17, 15) is 0 Å². The van der Waals surface area contributed by atoms with Gasteiger partial charge in [0, 0.05) is 11.1 Å². The van der Waals surface area contributed by atoms with Crippen LogP contribution in [0.15, 0.2) is 18.2 Å². The molecule has 5 heteroatoms. The molecule has 1 fully saturated rings. The molecule has 84 valence electrons. The molecule has 5 nitrogen and oxygen atoms in total. The molecule has 0 aliphatic carbocycles. The van der Waals surface area contributed by atoms with Gasteiger partial charge in [-0.15, -0.1) is 0 Å².